The third kappa shape index (κ3) is 2.97. The first-order chi connectivity index (χ1) is 6.13. The molecule has 1 rings (SSSR count). The summed E-state index contributed by atoms with van der Waals surface area (Å²) in [5, 5.41) is 0. The first-order valence-electron chi connectivity index (χ1n) is 4.64. The Kier molecular flexibility index (Phi) is 3.69. The summed E-state index contributed by atoms with van der Waals surface area (Å²) in [6.07, 6.45) is 1.46. The lowest BCUT2D eigenvalue weighted by Gasteiger charge is -2.33. The van der Waals surface area contributed by atoms with Gasteiger partial charge in [-0.3, -0.25) is 4.79 Å². The fourth-order valence-corrected chi connectivity index (χ4v) is 1.75. The fraction of sp³-hybridized carbons (Fsp3) is 0.889. The third-order valence-electron chi connectivity index (χ3n) is 2.67. The van der Waals surface area contributed by atoms with Gasteiger partial charge in [0.2, 0.25) is 0 Å². The van der Waals surface area contributed by atoms with E-state index >= 15 is 0 Å². The highest BCUT2D eigenvalue weighted by molar-refractivity contribution is 5.69. The van der Waals surface area contributed by atoms with Gasteiger partial charge in [-0.05, 0) is 25.9 Å². The molecule has 1 saturated heterocycles. The number of piperidine rings is 1. The largest absolute Gasteiger partial charge is 0.469 e. The van der Waals surface area contributed by atoms with Crippen molar-refractivity contribution in [3.8, 4) is 0 Å². The molecule has 13 heavy (non-hydrogen) atoms. The van der Waals surface area contributed by atoms with Crippen LogP contribution in [0.15, 0.2) is 0 Å². The molecule has 1 heterocycles. The first kappa shape index (κ1) is 10.5. The van der Waals surface area contributed by atoms with Crippen LogP contribution in [0, 0.1) is 5.92 Å². The topological polar surface area (TPSA) is 55.6 Å². The summed E-state index contributed by atoms with van der Waals surface area (Å²) in [6.45, 7) is 1.90. The monoisotopic (exact) mass is 186 g/mol. The number of nitrogens with two attached hydrogens (primary N) is 1. The Bertz CT molecular complexity index is 184. The van der Waals surface area contributed by atoms with Gasteiger partial charge in [0.15, 0.2) is 0 Å². The van der Waals surface area contributed by atoms with E-state index in [-0.39, 0.29) is 12.0 Å². The van der Waals surface area contributed by atoms with Crippen LogP contribution >= 0.6 is 0 Å². The molecule has 76 valence electrons. The summed E-state index contributed by atoms with van der Waals surface area (Å²) < 4.78 is 4.62. The van der Waals surface area contributed by atoms with E-state index in [1.807, 2.05) is 7.05 Å². The van der Waals surface area contributed by atoms with Gasteiger partial charge in [0, 0.05) is 19.0 Å². The molecule has 4 heteroatoms. The molecule has 0 aromatic heterocycles. The summed E-state index contributed by atoms with van der Waals surface area (Å²) >= 11 is 0. The van der Waals surface area contributed by atoms with Crippen LogP contribution in [-0.4, -0.2) is 44.2 Å². The van der Waals surface area contributed by atoms with Crippen LogP contribution in [-0.2, 0) is 9.53 Å². The van der Waals surface area contributed by atoms with Crippen molar-refractivity contribution in [1.82, 2.24) is 4.90 Å². The average Bonchev–Trinajstić information content (AvgIpc) is 2.09. The van der Waals surface area contributed by atoms with Crippen molar-refractivity contribution >= 4 is 5.97 Å². The summed E-state index contributed by atoms with van der Waals surface area (Å²) in [7, 11) is 3.47. The maximum absolute atomic E-state index is 11.0. The highest BCUT2D eigenvalue weighted by Gasteiger charge is 2.26. The second-order valence-electron chi connectivity index (χ2n) is 3.76. The Labute approximate surface area is 79.0 Å². The minimum atomic E-state index is -0.148. The molecule has 1 fully saturated rings. The Hall–Kier alpha value is -0.610. The van der Waals surface area contributed by atoms with E-state index in [1.165, 1.54) is 7.11 Å². The number of likely N-dealkylation sites (tertiary alicyclic amines) is 1. The number of nitrogens with zero attached hydrogens (tertiary/aromatic N) is 1. The Morgan fingerprint density at radius 1 is 1.69 bits per heavy atom. The van der Waals surface area contributed by atoms with Gasteiger partial charge in [0.1, 0.15) is 0 Å². The number of hydrogen-bond donors (Lipinski definition) is 1. The van der Waals surface area contributed by atoms with Gasteiger partial charge in [-0.1, -0.05) is 0 Å². The molecule has 0 aromatic rings. The minimum absolute atomic E-state index is 0.109. The highest BCUT2D eigenvalue weighted by Crippen LogP contribution is 2.18. The van der Waals surface area contributed by atoms with Crippen LogP contribution in [0.25, 0.3) is 0 Å². The van der Waals surface area contributed by atoms with Gasteiger partial charge in [0.05, 0.1) is 7.11 Å². The van der Waals surface area contributed by atoms with Gasteiger partial charge < -0.3 is 15.4 Å². The molecule has 2 N–H and O–H groups in total. The lowest BCUT2D eigenvalue weighted by Crippen LogP contribution is -2.47. The maximum atomic E-state index is 11.0. The van der Waals surface area contributed by atoms with E-state index in [0.717, 1.165) is 19.5 Å². The van der Waals surface area contributed by atoms with E-state index in [2.05, 4.69) is 9.64 Å². The van der Waals surface area contributed by atoms with Crippen LogP contribution in [0.1, 0.15) is 12.8 Å². The first-order valence-corrected chi connectivity index (χ1v) is 4.64. The van der Waals surface area contributed by atoms with Crippen molar-refractivity contribution < 1.29 is 9.53 Å². The van der Waals surface area contributed by atoms with Gasteiger partial charge in [-0.15, -0.1) is 0 Å². The Morgan fingerprint density at radius 2 is 2.38 bits per heavy atom. The lowest BCUT2D eigenvalue weighted by atomic mass is 9.90. The van der Waals surface area contributed by atoms with Gasteiger partial charge in [-0.25, -0.2) is 0 Å². The molecule has 1 aliphatic heterocycles. The van der Waals surface area contributed by atoms with Crippen LogP contribution < -0.4 is 5.73 Å². The number of esters is 1. The summed E-state index contributed by atoms with van der Waals surface area (Å²) in [4.78, 5) is 13.2. The van der Waals surface area contributed by atoms with Gasteiger partial charge >= 0.3 is 5.97 Å². The number of rotatable bonds is 2. The molecule has 4 nitrogen and oxygen atoms in total. The average molecular weight is 186 g/mol. The van der Waals surface area contributed by atoms with Crippen molar-refractivity contribution in [3.05, 3.63) is 0 Å². The number of hydrogen-bond acceptors (Lipinski definition) is 4. The Morgan fingerprint density at radius 3 is 2.92 bits per heavy atom. The summed E-state index contributed by atoms with van der Waals surface area (Å²) in [5.41, 5.74) is 5.92. The standard InChI is InChI=1S/C9H18N2O2/c1-11-4-3-7(8(10)6-11)5-9(12)13-2/h7-8H,3-6,10H2,1-2H3. The van der Waals surface area contributed by atoms with E-state index in [1.54, 1.807) is 0 Å². The van der Waals surface area contributed by atoms with Crippen LogP contribution in [0.3, 0.4) is 0 Å². The molecule has 0 bridgehead atoms. The molecular weight excluding hydrogens is 168 g/mol. The number of likely N-dealkylation sites (N-methyl/N-ethyl adjacent to an activating group) is 1. The molecule has 0 saturated carbocycles. The smallest absolute Gasteiger partial charge is 0.305 e. The van der Waals surface area contributed by atoms with Gasteiger partial charge in [-0.2, -0.15) is 0 Å². The molecular formula is C9H18N2O2. The molecule has 0 amide bonds. The van der Waals surface area contributed by atoms with E-state index < -0.39 is 0 Å². The normalized spacial score (nSPS) is 30.1. The number of ether oxygens (including phenoxy) is 1. The third-order valence-corrected chi connectivity index (χ3v) is 2.67. The molecule has 1 aliphatic rings. The SMILES string of the molecule is COC(=O)CC1CCN(C)CC1N. The molecule has 0 aliphatic carbocycles. The predicted octanol–water partition coefficient (Wildman–Crippen LogP) is -0.171. The minimum Gasteiger partial charge on any atom is -0.469 e. The number of methoxy groups -OCH3 is 1. The van der Waals surface area contributed by atoms with Crippen molar-refractivity contribution in [3.63, 3.8) is 0 Å². The van der Waals surface area contributed by atoms with Crippen LogP contribution in [0.2, 0.25) is 0 Å². The van der Waals surface area contributed by atoms with Crippen LogP contribution in [0.4, 0.5) is 0 Å². The van der Waals surface area contributed by atoms with E-state index in [4.69, 9.17) is 5.73 Å². The summed E-state index contributed by atoms with van der Waals surface area (Å²) in [6, 6.07) is 0.109. The molecule has 0 aromatic carbocycles. The van der Waals surface area contributed by atoms with E-state index in [9.17, 15) is 4.79 Å². The quantitative estimate of drug-likeness (QED) is 0.608. The zero-order chi connectivity index (χ0) is 9.84. The molecule has 0 spiro atoms. The van der Waals surface area contributed by atoms with E-state index in [0.29, 0.717) is 12.3 Å². The van der Waals surface area contributed by atoms with Crippen molar-refractivity contribution in [2.45, 2.75) is 18.9 Å². The zero-order valence-electron chi connectivity index (χ0n) is 8.32. The lowest BCUT2D eigenvalue weighted by molar-refractivity contribution is -0.142. The van der Waals surface area contributed by atoms with Crippen molar-refractivity contribution in [2.75, 3.05) is 27.2 Å². The van der Waals surface area contributed by atoms with Crippen LogP contribution in [0.5, 0.6) is 0 Å². The van der Waals surface area contributed by atoms with Gasteiger partial charge in [0.25, 0.3) is 0 Å². The zero-order valence-corrected chi connectivity index (χ0v) is 8.32. The highest BCUT2D eigenvalue weighted by atomic mass is 16.5. The Balaban J connectivity index is 2.38. The second kappa shape index (κ2) is 4.58. The predicted molar refractivity (Wildman–Crippen MR) is 50.2 cm³/mol. The molecule has 0 radical (unpaired) electrons. The molecule has 2 atom stereocenters. The molecule has 2 unspecified atom stereocenters. The fourth-order valence-electron chi connectivity index (χ4n) is 1.75. The maximum Gasteiger partial charge on any atom is 0.305 e. The second-order valence-corrected chi connectivity index (χ2v) is 3.76. The summed E-state index contributed by atoms with van der Waals surface area (Å²) in [5.74, 6) is 0.147. The van der Waals surface area contributed by atoms with Crippen molar-refractivity contribution in [1.29, 1.82) is 0 Å². The number of carbonyl (C=O) groups excluding carboxylic acids is 1. The number of carbonyl (C=O) groups is 1. The van der Waals surface area contributed by atoms with Crippen molar-refractivity contribution in [2.24, 2.45) is 11.7 Å².